The predicted octanol–water partition coefficient (Wildman–Crippen LogP) is 4.13. The van der Waals surface area contributed by atoms with Gasteiger partial charge in [-0.05, 0) is 49.8 Å². The molecule has 0 radical (unpaired) electrons. The van der Waals surface area contributed by atoms with E-state index in [0.29, 0.717) is 37.9 Å². The van der Waals surface area contributed by atoms with Gasteiger partial charge in [-0.15, -0.1) is 0 Å². The van der Waals surface area contributed by atoms with Crippen LogP contribution in [0.15, 0.2) is 59.5 Å². The number of benzene rings is 2. The highest BCUT2D eigenvalue weighted by Crippen LogP contribution is 2.49. The summed E-state index contributed by atoms with van der Waals surface area (Å²) >= 11 is 0. The largest absolute Gasteiger partial charge is 0.376 e. The van der Waals surface area contributed by atoms with Crippen molar-refractivity contribution in [3.8, 4) is 0 Å². The summed E-state index contributed by atoms with van der Waals surface area (Å²) in [5.74, 6) is -0.494. The molecule has 0 amide bonds. The van der Waals surface area contributed by atoms with Crippen LogP contribution in [-0.2, 0) is 30.8 Å². The van der Waals surface area contributed by atoms with Crippen LogP contribution < -0.4 is 0 Å². The van der Waals surface area contributed by atoms with Crippen LogP contribution in [0.4, 0.5) is 0 Å². The Hall–Kier alpha value is -1.77. The summed E-state index contributed by atoms with van der Waals surface area (Å²) in [5, 5.41) is 0. The number of aryl methyl sites for hydroxylation is 1. The van der Waals surface area contributed by atoms with Gasteiger partial charge in [0, 0.05) is 24.9 Å². The van der Waals surface area contributed by atoms with Gasteiger partial charge in [0.05, 0.1) is 31.3 Å². The monoisotopic (exact) mass is 471 g/mol. The van der Waals surface area contributed by atoms with Crippen LogP contribution in [-0.4, -0.2) is 50.9 Å². The van der Waals surface area contributed by atoms with Crippen molar-refractivity contribution in [2.75, 3.05) is 26.4 Å². The first-order chi connectivity index (χ1) is 16.0. The molecule has 178 valence electrons. The van der Waals surface area contributed by atoms with Gasteiger partial charge in [0.15, 0.2) is 5.79 Å². The zero-order valence-corrected chi connectivity index (χ0v) is 20.0. The second-order valence-electron chi connectivity index (χ2n) is 9.56. The summed E-state index contributed by atoms with van der Waals surface area (Å²) in [6, 6.07) is 17.1. The van der Waals surface area contributed by atoms with E-state index >= 15 is 0 Å². The van der Waals surface area contributed by atoms with E-state index in [1.54, 1.807) is 16.4 Å². The molecule has 0 bridgehead atoms. The van der Waals surface area contributed by atoms with Crippen LogP contribution >= 0.6 is 0 Å². The van der Waals surface area contributed by atoms with Crippen LogP contribution in [0.25, 0.3) is 0 Å². The Morgan fingerprint density at radius 1 is 1.06 bits per heavy atom. The lowest BCUT2D eigenvalue weighted by molar-refractivity contribution is -0.243. The Labute approximate surface area is 196 Å². The SMILES string of the molecule is Cc1ccc(S(=O)(=O)N2CCC[C@H]3[C@@H]2CC(COCc2ccccc2)CC32OCCO2)cc1. The molecule has 0 N–H and O–H groups in total. The molecule has 0 aromatic heterocycles. The molecule has 33 heavy (non-hydrogen) atoms. The van der Waals surface area contributed by atoms with Gasteiger partial charge in [-0.2, -0.15) is 4.31 Å². The lowest BCUT2D eigenvalue weighted by Gasteiger charge is -2.52. The molecular formula is C26H33NO5S. The van der Waals surface area contributed by atoms with Crippen molar-refractivity contribution < 1.29 is 22.6 Å². The van der Waals surface area contributed by atoms with E-state index in [-0.39, 0.29) is 17.9 Å². The van der Waals surface area contributed by atoms with E-state index in [0.717, 1.165) is 36.8 Å². The fraction of sp³-hybridized carbons (Fsp3) is 0.538. The zero-order valence-electron chi connectivity index (χ0n) is 19.2. The number of piperidine rings is 1. The molecule has 1 spiro atoms. The van der Waals surface area contributed by atoms with Crippen molar-refractivity contribution in [2.24, 2.45) is 11.8 Å². The number of ether oxygens (including phenoxy) is 3. The van der Waals surface area contributed by atoms with Gasteiger partial charge < -0.3 is 14.2 Å². The molecule has 1 saturated carbocycles. The number of fused-ring (bicyclic) bond motifs is 2. The first-order valence-corrected chi connectivity index (χ1v) is 13.4. The number of hydrogen-bond acceptors (Lipinski definition) is 5. The van der Waals surface area contributed by atoms with Gasteiger partial charge in [0.1, 0.15) is 0 Å². The quantitative estimate of drug-likeness (QED) is 0.634. The number of rotatable bonds is 6. The molecular weight excluding hydrogens is 438 g/mol. The first-order valence-electron chi connectivity index (χ1n) is 12.0. The van der Waals surface area contributed by atoms with E-state index in [4.69, 9.17) is 14.2 Å². The van der Waals surface area contributed by atoms with Gasteiger partial charge in [0.2, 0.25) is 10.0 Å². The molecule has 2 heterocycles. The maximum absolute atomic E-state index is 13.7. The van der Waals surface area contributed by atoms with Crippen molar-refractivity contribution in [1.82, 2.24) is 4.31 Å². The number of sulfonamides is 1. The second-order valence-corrected chi connectivity index (χ2v) is 11.5. The van der Waals surface area contributed by atoms with Crippen LogP contribution in [0, 0.1) is 18.8 Å². The molecule has 2 saturated heterocycles. The van der Waals surface area contributed by atoms with Gasteiger partial charge in [-0.25, -0.2) is 8.42 Å². The highest BCUT2D eigenvalue weighted by molar-refractivity contribution is 7.89. The minimum atomic E-state index is -3.60. The third-order valence-corrected chi connectivity index (χ3v) is 9.25. The van der Waals surface area contributed by atoms with Crippen molar-refractivity contribution in [3.63, 3.8) is 0 Å². The molecule has 1 aliphatic carbocycles. The minimum Gasteiger partial charge on any atom is -0.376 e. The second kappa shape index (κ2) is 9.47. The smallest absolute Gasteiger partial charge is 0.243 e. The van der Waals surface area contributed by atoms with Crippen molar-refractivity contribution in [1.29, 1.82) is 0 Å². The third-order valence-electron chi connectivity index (χ3n) is 7.31. The van der Waals surface area contributed by atoms with Crippen LogP contribution in [0.3, 0.4) is 0 Å². The molecule has 3 aliphatic rings. The van der Waals surface area contributed by atoms with E-state index in [1.165, 1.54) is 0 Å². The third kappa shape index (κ3) is 4.62. The van der Waals surface area contributed by atoms with Crippen molar-refractivity contribution in [2.45, 2.75) is 55.9 Å². The Kier molecular flexibility index (Phi) is 6.60. The Morgan fingerprint density at radius 3 is 2.52 bits per heavy atom. The predicted molar refractivity (Wildman–Crippen MR) is 125 cm³/mol. The zero-order chi connectivity index (χ0) is 22.9. The van der Waals surface area contributed by atoms with E-state index < -0.39 is 15.8 Å². The summed E-state index contributed by atoms with van der Waals surface area (Å²) in [6.07, 6.45) is 3.25. The Bertz CT molecular complexity index is 1030. The topological polar surface area (TPSA) is 65.1 Å². The van der Waals surface area contributed by atoms with Gasteiger partial charge in [-0.1, -0.05) is 48.0 Å². The average Bonchev–Trinajstić information content (AvgIpc) is 3.28. The normalized spacial score (nSPS) is 27.5. The van der Waals surface area contributed by atoms with Gasteiger partial charge in [0.25, 0.3) is 0 Å². The highest BCUT2D eigenvalue weighted by Gasteiger charge is 2.56. The molecule has 2 aromatic carbocycles. The van der Waals surface area contributed by atoms with E-state index in [2.05, 4.69) is 12.1 Å². The van der Waals surface area contributed by atoms with E-state index in [9.17, 15) is 8.42 Å². The van der Waals surface area contributed by atoms with Crippen LogP contribution in [0.2, 0.25) is 0 Å². The first kappa shape index (κ1) is 23.0. The minimum absolute atomic E-state index is 0.0411. The van der Waals surface area contributed by atoms with Gasteiger partial charge in [-0.3, -0.25) is 0 Å². The molecule has 2 aliphatic heterocycles. The maximum Gasteiger partial charge on any atom is 0.243 e. The Morgan fingerprint density at radius 2 is 1.79 bits per heavy atom. The fourth-order valence-corrected chi connectivity index (χ4v) is 7.50. The van der Waals surface area contributed by atoms with Gasteiger partial charge >= 0.3 is 0 Å². The van der Waals surface area contributed by atoms with Crippen molar-refractivity contribution >= 4 is 10.0 Å². The molecule has 2 aromatic rings. The van der Waals surface area contributed by atoms with Crippen LogP contribution in [0.1, 0.15) is 36.8 Å². The lowest BCUT2D eigenvalue weighted by Crippen LogP contribution is -2.60. The van der Waals surface area contributed by atoms with Crippen molar-refractivity contribution in [3.05, 3.63) is 65.7 Å². The molecule has 5 rings (SSSR count). The average molecular weight is 472 g/mol. The fourth-order valence-electron chi connectivity index (χ4n) is 5.79. The molecule has 3 fully saturated rings. The van der Waals surface area contributed by atoms with Crippen LogP contribution in [0.5, 0.6) is 0 Å². The maximum atomic E-state index is 13.7. The summed E-state index contributed by atoms with van der Waals surface area (Å²) in [5.41, 5.74) is 2.18. The summed E-state index contributed by atoms with van der Waals surface area (Å²) in [7, 11) is -3.60. The summed E-state index contributed by atoms with van der Waals surface area (Å²) in [4.78, 5) is 0.360. The number of hydrogen-bond donors (Lipinski definition) is 0. The van der Waals surface area contributed by atoms with E-state index in [1.807, 2.05) is 37.3 Å². The highest BCUT2D eigenvalue weighted by atomic mass is 32.2. The Balaban J connectivity index is 1.37. The molecule has 6 nitrogen and oxygen atoms in total. The molecule has 7 heteroatoms. The number of nitrogens with zero attached hydrogens (tertiary/aromatic N) is 1. The standard InChI is InChI=1S/C26H33NO5S/c1-20-9-11-23(12-10-20)33(28,29)27-13-5-8-24-25(27)16-22(17-26(24)31-14-15-32-26)19-30-18-21-6-3-2-4-7-21/h2-4,6-7,9-12,22,24-25H,5,8,13-19H2,1H3/t22?,24-,25-/m0/s1. The molecule has 1 unspecified atom stereocenters. The lowest BCUT2D eigenvalue weighted by atomic mass is 9.70. The summed E-state index contributed by atoms with van der Waals surface area (Å²) in [6.45, 7) is 4.73. The molecule has 3 atom stereocenters. The summed E-state index contributed by atoms with van der Waals surface area (Å²) < 4.78 is 47.6.